The number of carbonyl (C=O) groups excluding carboxylic acids is 1. The van der Waals surface area contributed by atoms with Gasteiger partial charge in [0.25, 0.3) is 0 Å². The summed E-state index contributed by atoms with van der Waals surface area (Å²) in [7, 11) is 1.60. The second kappa shape index (κ2) is 5.75. The molecule has 0 aliphatic heterocycles. The van der Waals surface area contributed by atoms with Crippen LogP contribution in [-0.4, -0.2) is 34.9 Å². The van der Waals surface area contributed by atoms with E-state index in [4.69, 9.17) is 10.5 Å². The molecule has 1 aliphatic carbocycles. The number of aryl methyl sites for hydroxylation is 1. The molecule has 122 valence electrons. The number of amides is 1. The molecule has 1 aliphatic rings. The van der Waals surface area contributed by atoms with Crippen molar-refractivity contribution < 1.29 is 13.9 Å². The summed E-state index contributed by atoms with van der Waals surface area (Å²) in [6.45, 7) is 1.88. The normalized spacial score (nSPS) is 23.4. The van der Waals surface area contributed by atoms with Crippen LogP contribution >= 0.6 is 0 Å². The number of methoxy groups -OCH3 is 1. The number of hydrogen-bond donors (Lipinski definition) is 3. The highest BCUT2D eigenvalue weighted by atomic mass is 19.1. The van der Waals surface area contributed by atoms with Crippen LogP contribution in [0.25, 0.3) is 11.3 Å². The fourth-order valence-electron chi connectivity index (χ4n) is 2.71. The molecular weight excluding hydrogens is 299 g/mol. The molecule has 3 rings (SSSR count). The van der Waals surface area contributed by atoms with Crippen LogP contribution in [0.4, 0.5) is 10.2 Å². The van der Waals surface area contributed by atoms with Gasteiger partial charge in [0.1, 0.15) is 11.4 Å². The zero-order valence-electron chi connectivity index (χ0n) is 13.0. The van der Waals surface area contributed by atoms with Gasteiger partial charge >= 0.3 is 0 Å². The van der Waals surface area contributed by atoms with Crippen molar-refractivity contribution in [2.24, 2.45) is 5.73 Å². The first-order valence-electron chi connectivity index (χ1n) is 7.36. The van der Waals surface area contributed by atoms with Crippen molar-refractivity contribution >= 4 is 11.7 Å². The fraction of sp³-hybridized carbons (Fsp3) is 0.375. The molecule has 0 bridgehead atoms. The quantitative estimate of drug-likeness (QED) is 0.803. The molecule has 0 unspecified atom stereocenters. The molecule has 1 heterocycles. The third kappa shape index (κ3) is 2.97. The number of benzene rings is 1. The lowest BCUT2D eigenvalue weighted by atomic mass is 9.74. The molecule has 6 nitrogen and oxygen atoms in total. The molecule has 1 aromatic carbocycles. The molecule has 1 fully saturated rings. The summed E-state index contributed by atoms with van der Waals surface area (Å²) < 4.78 is 19.0. The first kappa shape index (κ1) is 15.6. The van der Waals surface area contributed by atoms with E-state index in [9.17, 15) is 9.18 Å². The van der Waals surface area contributed by atoms with Gasteiger partial charge in [0, 0.05) is 31.6 Å². The Balaban J connectivity index is 1.73. The Kier molecular flexibility index (Phi) is 3.91. The summed E-state index contributed by atoms with van der Waals surface area (Å²) in [5.74, 6) is -0.348. The van der Waals surface area contributed by atoms with Crippen LogP contribution in [-0.2, 0) is 9.53 Å². The van der Waals surface area contributed by atoms with E-state index in [0.29, 0.717) is 29.9 Å². The number of carbonyl (C=O) groups is 1. The van der Waals surface area contributed by atoms with Gasteiger partial charge in [-0.05, 0) is 19.1 Å². The molecule has 1 saturated carbocycles. The second-order valence-corrected chi connectivity index (χ2v) is 6.03. The highest BCUT2D eigenvalue weighted by Gasteiger charge is 2.47. The zero-order valence-corrected chi connectivity index (χ0v) is 13.0. The monoisotopic (exact) mass is 318 g/mol. The van der Waals surface area contributed by atoms with Crippen LogP contribution in [0.3, 0.4) is 0 Å². The van der Waals surface area contributed by atoms with Crippen molar-refractivity contribution in [3.63, 3.8) is 0 Å². The molecule has 7 heteroatoms. The number of halogens is 1. The summed E-state index contributed by atoms with van der Waals surface area (Å²) in [5.41, 5.74) is 6.93. The predicted octanol–water partition coefficient (Wildman–Crippen LogP) is 1.97. The number of H-pyrrole nitrogens is 1. The maximum absolute atomic E-state index is 13.9. The molecule has 0 spiro atoms. The number of ether oxygens (including phenoxy) is 1. The summed E-state index contributed by atoms with van der Waals surface area (Å²) in [4.78, 5) is 12.2. The highest BCUT2D eigenvalue weighted by molar-refractivity contribution is 5.98. The molecule has 2 aromatic rings. The summed E-state index contributed by atoms with van der Waals surface area (Å²) >= 11 is 0. The minimum atomic E-state index is -0.936. The molecule has 0 saturated heterocycles. The fourth-order valence-corrected chi connectivity index (χ4v) is 2.71. The Bertz CT molecular complexity index is 737. The molecule has 0 atom stereocenters. The second-order valence-electron chi connectivity index (χ2n) is 6.03. The average molecular weight is 318 g/mol. The van der Waals surface area contributed by atoms with Crippen LogP contribution in [0, 0.1) is 12.7 Å². The van der Waals surface area contributed by atoms with Crippen LogP contribution < -0.4 is 11.1 Å². The summed E-state index contributed by atoms with van der Waals surface area (Å²) in [6.07, 6.45) is 0.958. The smallest absolute Gasteiger partial charge is 0.245 e. The van der Waals surface area contributed by atoms with Crippen molar-refractivity contribution in [2.75, 3.05) is 12.4 Å². The van der Waals surface area contributed by atoms with E-state index in [0.717, 1.165) is 5.56 Å². The number of rotatable bonds is 4. The van der Waals surface area contributed by atoms with Crippen LogP contribution in [0.15, 0.2) is 24.3 Å². The van der Waals surface area contributed by atoms with Crippen LogP contribution in [0.1, 0.15) is 18.4 Å². The number of aromatic amines is 1. The van der Waals surface area contributed by atoms with E-state index < -0.39 is 5.54 Å². The maximum atomic E-state index is 13.9. The van der Waals surface area contributed by atoms with Gasteiger partial charge < -0.3 is 15.8 Å². The van der Waals surface area contributed by atoms with Gasteiger partial charge in [-0.3, -0.25) is 9.89 Å². The van der Waals surface area contributed by atoms with Crippen LogP contribution in [0.5, 0.6) is 0 Å². The average Bonchev–Trinajstić information content (AvgIpc) is 2.94. The maximum Gasteiger partial charge on any atom is 0.245 e. The Hall–Kier alpha value is -2.25. The third-order valence-electron chi connectivity index (χ3n) is 4.20. The Morgan fingerprint density at radius 3 is 2.91 bits per heavy atom. The van der Waals surface area contributed by atoms with E-state index >= 15 is 0 Å². The van der Waals surface area contributed by atoms with Gasteiger partial charge in [-0.15, -0.1) is 0 Å². The number of hydrogen-bond acceptors (Lipinski definition) is 4. The number of nitrogens with zero attached hydrogens (tertiary/aromatic N) is 1. The Morgan fingerprint density at radius 2 is 2.22 bits per heavy atom. The molecule has 23 heavy (non-hydrogen) atoms. The highest BCUT2D eigenvalue weighted by Crippen LogP contribution is 2.33. The van der Waals surface area contributed by atoms with Gasteiger partial charge in [-0.25, -0.2) is 4.39 Å². The molecule has 4 N–H and O–H groups in total. The van der Waals surface area contributed by atoms with Crippen molar-refractivity contribution in [1.29, 1.82) is 0 Å². The van der Waals surface area contributed by atoms with Gasteiger partial charge in [-0.1, -0.05) is 11.6 Å². The van der Waals surface area contributed by atoms with Crippen LogP contribution in [0.2, 0.25) is 0 Å². The number of aromatic nitrogens is 2. The summed E-state index contributed by atoms with van der Waals surface area (Å²) in [5, 5.41) is 9.41. The SMILES string of the molecule is COC1CC(N)(C(=O)Nc2cc(-c3cc(C)ccc3F)[nH]n2)C1. The van der Waals surface area contributed by atoms with Gasteiger partial charge in [0.15, 0.2) is 5.82 Å². The standard InChI is InChI=1S/C16H19FN4O2/c1-9-3-4-12(17)11(5-9)13-6-14(21-20-13)19-15(22)16(18)7-10(8-16)23-2/h3-6,10H,7-8,18H2,1-2H3,(H2,19,20,21,22). The van der Waals surface area contributed by atoms with E-state index in [2.05, 4.69) is 15.5 Å². The zero-order chi connectivity index (χ0) is 16.6. The first-order chi connectivity index (χ1) is 10.9. The molecular formula is C16H19FN4O2. The minimum absolute atomic E-state index is 0.0156. The lowest BCUT2D eigenvalue weighted by Crippen LogP contribution is -2.62. The largest absolute Gasteiger partial charge is 0.381 e. The lowest BCUT2D eigenvalue weighted by Gasteiger charge is -2.42. The van der Waals surface area contributed by atoms with E-state index in [-0.39, 0.29) is 17.8 Å². The van der Waals surface area contributed by atoms with E-state index in [1.54, 1.807) is 25.3 Å². The minimum Gasteiger partial charge on any atom is -0.381 e. The van der Waals surface area contributed by atoms with Gasteiger partial charge in [-0.2, -0.15) is 5.10 Å². The Labute approximate surface area is 133 Å². The molecule has 0 radical (unpaired) electrons. The lowest BCUT2D eigenvalue weighted by molar-refractivity contribution is -0.130. The first-order valence-corrected chi connectivity index (χ1v) is 7.36. The number of nitrogens with one attached hydrogen (secondary N) is 2. The van der Waals surface area contributed by atoms with Crippen molar-refractivity contribution in [3.05, 3.63) is 35.6 Å². The topological polar surface area (TPSA) is 93.0 Å². The van der Waals surface area contributed by atoms with E-state index in [1.807, 2.05) is 6.92 Å². The van der Waals surface area contributed by atoms with Crippen molar-refractivity contribution in [2.45, 2.75) is 31.4 Å². The predicted molar refractivity (Wildman–Crippen MR) is 84.3 cm³/mol. The number of anilines is 1. The van der Waals surface area contributed by atoms with Crippen molar-refractivity contribution in [3.8, 4) is 11.3 Å². The molecule has 1 amide bonds. The molecule has 1 aromatic heterocycles. The third-order valence-corrected chi connectivity index (χ3v) is 4.20. The summed E-state index contributed by atoms with van der Waals surface area (Å²) in [6, 6.07) is 6.40. The Morgan fingerprint density at radius 1 is 1.48 bits per heavy atom. The van der Waals surface area contributed by atoms with E-state index in [1.165, 1.54) is 6.07 Å². The van der Waals surface area contributed by atoms with Gasteiger partial charge in [0.2, 0.25) is 5.91 Å². The number of nitrogens with two attached hydrogens (primary N) is 1. The van der Waals surface area contributed by atoms with Gasteiger partial charge in [0.05, 0.1) is 11.8 Å². The van der Waals surface area contributed by atoms with Crippen molar-refractivity contribution in [1.82, 2.24) is 10.2 Å².